The van der Waals surface area contributed by atoms with Crippen molar-refractivity contribution in [3.8, 4) is 5.75 Å². The zero-order valence-corrected chi connectivity index (χ0v) is 22.7. The van der Waals surface area contributed by atoms with Gasteiger partial charge in [0, 0.05) is 11.7 Å². The second-order valence-electron chi connectivity index (χ2n) is 11.6. The predicted molar refractivity (Wildman–Crippen MR) is 141 cm³/mol. The highest BCUT2D eigenvalue weighted by Crippen LogP contribution is 2.59. The maximum absolute atomic E-state index is 14.1. The fourth-order valence-corrected chi connectivity index (χ4v) is 7.22. The number of benzene rings is 1. The summed E-state index contributed by atoms with van der Waals surface area (Å²) in [5, 5.41) is 16.5. The lowest BCUT2D eigenvalue weighted by atomic mass is 9.70. The molecule has 0 radical (unpaired) electrons. The summed E-state index contributed by atoms with van der Waals surface area (Å²) in [6.07, 6.45) is 5.88. The lowest BCUT2D eigenvalue weighted by Crippen LogP contribution is -2.60. The molecule has 4 aliphatic rings. The van der Waals surface area contributed by atoms with E-state index in [1.54, 1.807) is 29.2 Å². The van der Waals surface area contributed by atoms with Gasteiger partial charge in [-0.15, -0.1) is 0 Å². The van der Waals surface area contributed by atoms with E-state index in [1.807, 2.05) is 20.8 Å². The molecule has 1 aromatic carbocycles. The molecule has 208 valence electrons. The summed E-state index contributed by atoms with van der Waals surface area (Å²) < 4.78 is 12.0. The number of carbonyl (C=O) groups is 3. The van der Waals surface area contributed by atoms with Crippen LogP contribution >= 0.6 is 0 Å². The van der Waals surface area contributed by atoms with Crippen molar-refractivity contribution in [2.75, 3.05) is 18.5 Å². The molecule has 5 rings (SSSR count). The van der Waals surface area contributed by atoms with Gasteiger partial charge < -0.3 is 30.1 Å². The van der Waals surface area contributed by atoms with Crippen molar-refractivity contribution in [3.05, 3.63) is 24.3 Å². The third kappa shape index (κ3) is 4.57. The number of likely N-dealkylation sites (tertiary alicyclic amines) is 1. The monoisotopic (exact) mass is 527 g/mol. The molecular weight excluding hydrogens is 486 g/mol. The van der Waals surface area contributed by atoms with Crippen LogP contribution in [0.1, 0.15) is 65.7 Å². The largest absolute Gasteiger partial charge is 0.494 e. The topological polar surface area (TPSA) is 117 Å². The van der Waals surface area contributed by atoms with Crippen LogP contribution in [0.4, 0.5) is 5.69 Å². The summed E-state index contributed by atoms with van der Waals surface area (Å²) in [6.45, 7) is 6.07. The van der Waals surface area contributed by atoms with Gasteiger partial charge in [0.15, 0.2) is 0 Å². The minimum Gasteiger partial charge on any atom is -0.494 e. The molecule has 2 bridgehead atoms. The van der Waals surface area contributed by atoms with E-state index in [1.165, 1.54) is 6.42 Å². The molecule has 1 spiro atoms. The number of nitrogens with zero attached hydrogens (tertiary/aromatic N) is 1. The number of amides is 3. The zero-order chi connectivity index (χ0) is 27.0. The van der Waals surface area contributed by atoms with Gasteiger partial charge >= 0.3 is 0 Å². The van der Waals surface area contributed by atoms with Crippen LogP contribution in [-0.4, -0.2) is 70.8 Å². The smallest absolute Gasteiger partial charge is 0.246 e. The summed E-state index contributed by atoms with van der Waals surface area (Å²) >= 11 is 0. The number of rotatable bonds is 9. The van der Waals surface area contributed by atoms with Crippen LogP contribution in [0.2, 0.25) is 0 Å². The van der Waals surface area contributed by atoms with Gasteiger partial charge in [-0.3, -0.25) is 14.4 Å². The van der Waals surface area contributed by atoms with Gasteiger partial charge in [-0.2, -0.15) is 0 Å². The van der Waals surface area contributed by atoms with Crippen molar-refractivity contribution in [2.24, 2.45) is 17.8 Å². The van der Waals surface area contributed by atoms with E-state index < -0.39 is 35.6 Å². The molecule has 3 amide bonds. The first kappa shape index (κ1) is 26.9. The van der Waals surface area contributed by atoms with Crippen molar-refractivity contribution in [1.29, 1.82) is 0 Å². The SMILES string of the molecule is CCOc1ccc(NC(=O)[C@@H]2[C@@H]3CCC4(O3)C(C(=O)NC3CCCCC3)N([C@@H](CO)C(C)C)C(=O)[C@H]24)cc1. The maximum Gasteiger partial charge on any atom is 0.246 e. The number of aliphatic hydroxyl groups is 1. The third-order valence-electron chi connectivity index (χ3n) is 8.99. The fraction of sp³-hybridized carbons (Fsp3) is 0.690. The Hall–Kier alpha value is -2.65. The van der Waals surface area contributed by atoms with Crippen molar-refractivity contribution < 1.29 is 29.0 Å². The number of hydrogen-bond donors (Lipinski definition) is 3. The Bertz CT molecular complexity index is 1040. The number of fused-ring (bicyclic) bond motifs is 1. The lowest BCUT2D eigenvalue weighted by molar-refractivity contribution is -0.146. The first-order valence-corrected chi connectivity index (χ1v) is 14.3. The van der Waals surface area contributed by atoms with E-state index in [-0.39, 0.29) is 36.3 Å². The number of aliphatic hydroxyl groups excluding tert-OH is 1. The van der Waals surface area contributed by atoms with Gasteiger partial charge in [0.1, 0.15) is 17.4 Å². The Balaban J connectivity index is 1.43. The van der Waals surface area contributed by atoms with Gasteiger partial charge in [0.05, 0.1) is 37.2 Å². The Morgan fingerprint density at radius 1 is 1.13 bits per heavy atom. The minimum atomic E-state index is -1.07. The third-order valence-corrected chi connectivity index (χ3v) is 8.99. The predicted octanol–water partition coefficient (Wildman–Crippen LogP) is 2.86. The molecule has 9 heteroatoms. The van der Waals surface area contributed by atoms with Crippen molar-refractivity contribution >= 4 is 23.4 Å². The molecule has 1 aromatic rings. The van der Waals surface area contributed by atoms with E-state index in [0.717, 1.165) is 25.7 Å². The van der Waals surface area contributed by atoms with Crippen LogP contribution in [0.15, 0.2) is 24.3 Å². The molecule has 3 N–H and O–H groups in total. The lowest BCUT2D eigenvalue weighted by Gasteiger charge is -2.39. The highest BCUT2D eigenvalue weighted by Gasteiger charge is 2.75. The van der Waals surface area contributed by atoms with E-state index in [4.69, 9.17) is 9.47 Å². The summed E-state index contributed by atoms with van der Waals surface area (Å²) in [6, 6.07) is 5.80. The number of anilines is 1. The van der Waals surface area contributed by atoms with Crippen molar-refractivity contribution in [3.63, 3.8) is 0 Å². The molecule has 38 heavy (non-hydrogen) atoms. The molecular formula is C29H41N3O6. The number of ether oxygens (including phenoxy) is 2. The van der Waals surface area contributed by atoms with Crippen LogP contribution < -0.4 is 15.4 Å². The Morgan fingerprint density at radius 3 is 2.47 bits per heavy atom. The highest BCUT2D eigenvalue weighted by molar-refractivity contribution is 6.02. The van der Waals surface area contributed by atoms with Gasteiger partial charge in [0.2, 0.25) is 17.7 Å². The molecule has 3 heterocycles. The maximum atomic E-state index is 14.1. The molecule has 1 aliphatic carbocycles. The van der Waals surface area contributed by atoms with E-state index in [2.05, 4.69) is 10.6 Å². The molecule has 1 saturated carbocycles. The van der Waals surface area contributed by atoms with E-state index in [0.29, 0.717) is 30.9 Å². The number of nitrogens with one attached hydrogen (secondary N) is 2. The van der Waals surface area contributed by atoms with Crippen LogP contribution in [0, 0.1) is 17.8 Å². The second kappa shape index (κ2) is 10.8. The van der Waals surface area contributed by atoms with Crippen LogP contribution in [0.25, 0.3) is 0 Å². The summed E-state index contributed by atoms with van der Waals surface area (Å²) in [5.41, 5.74) is -0.455. The Labute approximate surface area is 224 Å². The minimum absolute atomic E-state index is 0.0718. The second-order valence-corrected chi connectivity index (χ2v) is 11.6. The van der Waals surface area contributed by atoms with E-state index >= 15 is 0 Å². The molecule has 3 aliphatic heterocycles. The van der Waals surface area contributed by atoms with Crippen LogP contribution in [-0.2, 0) is 19.1 Å². The summed E-state index contributed by atoms with van der Waals surface area (Å²) in [7, 11) is 0. The van der Waals surface area contributed by atoms with Crippen molar-refractivity contribution in [2.45, 2.75) is 95.5 Å². The molecule has 4 fully saturated rings. The van der Waals surface area contributed by atoms with Crippen LogP contribution in [0.5, 0.6) is 5.75 Å². The molecule has 0 aromatic heterocycles. The van der Waals surface area contributed by atoms with Gasteiger partial charge in [0.25, 0.3) is 0 Å². The average Bonchev–Trinajstić information content (AvgIpc) is 3.54. The molecule has 3 saturated heterocycles. The number of carbonyl (C=O) groups excluding carboxylic acids is 3. The van der Waals surface area contributed by atoms with Crippen LogP contribution in [0.3, 0.4) is 0 Å². The van der Waals surface area contributed by atoms with E-state index in [9.17, 15) is 19.5 Å². The summed E-state index contributed by atoms with van der Waals surface area (Å²) in [4.78, 5) is 43.2. The average molecular weight is 528 g/mol. The Kier molecular flexibility index (Phi) is 7.69. The quantitative estimate of drug-likeness (QED) is 0.455. The molecule has 6 atom stereocenters. The Morgan fingerprint density at radius 2 is 1.84 bits per heavy atom. The standard InChI is InChI=1S/C29H41N3O6/c1-4-37-20-12-10-19(11-13-20)30-26(34)23-22-14-15-29(38-22)24(23)28(36)32(21(16-33)17(2)3)25(29)27(35)31-18-8-6-5-7-9-18/h10-13,17-18,21-25,33H,4-9,14-16H2,1-3H3,(H,30,34)(H,31,35)/t21-,22-,23+,24-,25?,29?/m0/s1. The highest BCUT2D eigenvalue weighted by atomic mass is 16.5. The van der Waals surface area contributed by atoms with Gasteiger partial charge in [-0.05, 0) is 62.8 Å². The first-order chi connectivity index (χ1) is 18.3. The summed E-state index contributed by atoms with van der Waals surface area (Å²) in [5.74, 6) is -1.60. The normalized spacial score (nSPS) is 31.4. The molecule has 2 unspecified atom stereocenters. The zero-order valence-electron chi connectivity index (χ0n) is 22.7. The number of hydrogen-bond acceptors (Lipinski definition) is 6. The molecule has 9 nitrogen and oxygen atoms in total. The van der Waals surface area contributed by atoms with Crippen molar-refractivity contribution in [1.82, 2.24) is 10.2 Å². The fourth-order valence-electron chi connectivity index (χ4n) is 7.22. The van der Waals surface area contributed by atoms with Gasteiger partial charge in [-0.25, -0.2) is 0 Å². The van der Waals surface area contributed by atoms with Gasteiger partial charge in [-0.1, -0.05) is 33.1 Å². The first-order valence-electron chi connectivity index (χ1n) is 14.3.